The zero-order valence-electron chi connectivity index (χ0n) is 15.8. The molecule has 0 spiro atoms. The Balaban J connectivity index is 1.59. The fourth-order valence-electron chi connectivity index (χ4n) is 3.14. The van der Waals surface area contributed by atoms with Crippen molar-refractivity contribution in [2.75, 3.05) is 31.2 Å². The highest BCUT2D eigenvalue weighted by atomic mass is 16.5. The van der Waals surface area contributed by atoms with Crippen LogP contribution >= 0.6 is 0 Å². The predicted octanol–water partition coefficient (Wildman–Crippen LogP) is 3.26. The van der Waals surface area contributed by atoms with Gasteiger partial charge in [-0.2, -0.15) is 0 Å². The Morgan fingerprint density at radius 3 is 2.66 bits per heavy atom. The topological polar surface area (TPSA) is 84.8 Å². The molecule has 1 N–H and O–H groups in total. The molecule has 2 aromatic carbocycles. The molecule has 1 aliphatic heterocycles. The van der Waals surface area contributed by atoms with E-state index in [1.54, 1.807) is 0 Å². The lowest BCUT2D eigenvalue weighted by Gasteiger charge is -2.28. The Labute approximate surface area is 168 Å². The second-order valence-corrected chi connectivity index (χ2v) is 6.64. The number of aromatic carboxylic acids is 1. The first-order chi connectivity index (χ1) is 14.2. The van der Waals surface area contributed by atoms with Gasteiger partial charge in [0.2, 0.25) is 0 Å². The van der Waals surface area contributed by atoms with E-state index in [1.807, 2.05) is 59.5 Å². The number of carboxylic acids is 1. The number of aromatic nitrogens is 2. The number of anilines is 1. The Kier molecular flexibility index (Phi) is 5.67. The van der Waals surface area contributed by atoms with Crippen molar-refractivity contribution < 1.29 is 19.4 Å². The van der Waals surface area contributed by atoms with Gasteiger partial charge < -0.3 is 19.5 Å². The lowest BCUT2D eigenvalue weighted by atomic mass is 10.2. The van der Waals surface area contributed by atoms with Crippen LogP contribution < -0.4 is 9.64 Å². The SMILES string of the molecule is O=C(O)c1cnc(-c2cccc(OCc3ccccc3)c2)nc1N1CCOCC1. The number of benzene rings is 2. The van der Waals surface area contributed by atoms with Crippen molar-refractivity contribution in [3.63, 3.8) is 0 Å². The summed E-state index contributed by atoms with van der Waals surface area (Å²) in [6.07, 6.45) is 1.37. The van der Waals surface area contributed by atoms with E-state index in [1.165, 1.54) is 6.20 Å². The van der Waals surface area contributed by atoms with Gasteiger partial charge in [-0.1, -0.05) is 42.5 Å². The molecule has 1 fully saturated rings. The van der Waals surface area contributed by atoms with Gasteiger partial charge in [0.15, 0.2) is 5.82 Å². The average Bonchev–Trinajstić information content (AvgIpc) is 2.79. The van der Waals surface area contributed by atoms with Crippen LogP contribution in [0.4, 0.5) is 5.82 Å². The van der Waals surface area contributed by atoms with Crippen LogP contribution in [0.5, 0.6) is 5.75 Å². The van der Waals surface area contributed by atoms with E-state index in [4.69, 9.17) is 9.47 Å². The van der Waals surface area contributed by atoms with Crippen molar-refractivity contribution in [3.8, 4) is 17.1 Å². The van der Waals surface area contributed by atoms with Gasteiger partial charge in [-0.25, -0.2) is 14.8 Å². The van der Waals surface area contributed by atoms with E-state index in [0.717, 1.165) is 11.1 Å². The molecular weight excluding hydrogens is 370 g/mol. The maximum absolute atomic E-state index is 11.6. The second kappa shape index (κ2) is 8.70. The lowest BCUT2D eigenvalue weighted by molar-refractivity contribution is 0.0695. The summed E-state index contributed by atoms with van der Waals surface area (Å²) in [6, 6.07) is 17.4. The van der Waals surface area contributed by atoms with E-state index in [-0.39, 0.29) is 5.56 Å². The van der Waals surface area contributed by atoms with Gasteiger partial charge in [0.25, 0.3) is 0 Å². The molecule has 1 aromatic heterocycles. The minimum Gasteiger partial charge on any atom is -0.489 e. The van der Waals surface area contributed by atoms with Crippen LogP contribution in [0.2, 0.25) is 0 Å². The molecule has 0 atom stereocenters. The number of hydrogen-bond donors (Lipinski definition) is 1. The monoisotopic (exact) mass is 391 g/mol. The van der Waals surface area contributed by atoms with Crippen molar-refractivity contribution in [1.82, 2.24) is 9.97 Å². The first kappa shape index (κ1) is 18.9. The zero-order valence-corrected chi connectivity index (χ0v) is 15.8. The molecule has 4 rings (SSSR count). The number of morpholine rings is 1. The maximum Gasteiger partial charge on any atom is 0.341 e. The third kappa shape index (κ3) is 4.52. The number of rotatable bonds is 6. The van der Waals surface area contributed by atoms with Crippen molar-refractivity contribution >= 4 is 11.8 Å². The number of ether oxygens (including phenoxy) is 2. The molecule has 29 heavy (non-hydrogen) atoms. The van der Waals surface area contributed by atoms with Crippen molar-refractivity contribution in [2.24, 2.45) is 0 Å². The molecule has 0 aliphatic carbocycles. The van der Waals surface area contributed by atoms with E-state index < -0.39 is 5.97 Å². The normalized spacial score (nSPS) is 13.9. The van der Waals surface area contributed by atoms with Gasteiger partial charge in [0, 0.05) is 24.8 Å². The fraction of sp³-hybridized carbons (Fsp3) is 0.227. The summed E-state index contributed by atoms with van der Waals surface area (Å²) in [6.45, 7) is 2.73. The minimum atomic E-state index is -1.04. The third-order valence-corrected chi connectivity index (χ3v) is 4.65. The van der Waals surface area contributed by atoms with Crippen LogP contribution in [-0.4, -0.2) is 47.3 Å². The summed E-state index contributed by atoms with van der Waals surface area (Å²) < 4.78 is 11.3. The van der Waals surface area contributed by atoms with Crippen LogP contribution in [0.25, 0.3) is 11.4 Å². The molecule has 0 bridgehead atoms. The van der Waals surface area contributed by atoms with Gasteiger partial charge in [-0.15, -0.1) is 0 Å². The summed E-state index contributed by atoms with van der Waals surface area (Å²) in [4.78, 5) is 22.4. The van der Waals surface area contributed by atoms with Crippen molar-refractivity contribution in [3.05, 3.63) is 71.9 Å². The molecule has 0 saturated carbocycles. The summed E-state index contributed by atoms with van der Waals surface area (Å²) in [5.41, 5.74) is 1.93. The Bertz CT molecular complexity index is 988. The summed E-state index contributed by atoms with van der Waals surface area (Å²) in [5.74, 6) is 0.534. The van der Waals surface area contributed by atoms with Crippen LogP contribution in [0, 0.1) is 0 Å². The van der Waals surface area contributed by atoms with Crippen molar-refractivity contribution in [2.45, 2.75) is 6.61 Å². The van der Waals surface area contributed by atoms with Gasteiger partial charge >= 0.3 is 5.97 Å². The molecule has 0 radical (unpaired) electrons. The second-order valence-electron chi connectivity index (χ2n) is 6.64. The van der Waals surface area contributed by atoms with E-state index in [0.29, 0.717) is 50.3 Å². The Hall–Kier alpha value is -3.45. The van der Waals surface area contributed by atoms with Gasteiger partial charge in [-0.05, 0) is 17.7 Å². The molecule has 2 heterocycles. The van der Waals surface area contributed by atoms with E-state index >= 15 is 0 Å². The standard InChI is InChI=1S/C22H21N3O4/c26-22(27)19-14-23-20(24-21(19)25-9-11-28-12-10-25)17-7-4-8-18(13-17)29-15-16-5-2-1-3-6-16/h1-8,13-14H,9-12,15H2,(H,26,27). The summed E-state index contributed by atoms with van der Waals surface area (Å²) in [5, 5.41) is 9.52. The smallest absolute Gasteiger partial charge is 0.341 e. The largest absolute Gasteiger partial charge is 0.489 e. The Morgan fingerprint density at radius 1 is 1.10 bits per heavy atom. The number of carboxylic acid groups (broad SMARTS) is 1. The molecule has 1 saturated heterocycles. The summed E-state index contributed by atoms with van der Waals surface area (Å²) >= 11 is 0. The average molecular weight is 391 g/mol. The van der Waals surface area contributed by atoms with Gasteiger partial charge in [0.05, 0.1) is 13.2 Å². The first-order valence-corrected chi connectivity index (χ1v) is 9.41. The highest BCUT2D eigenvalue weighted by Gasteiger charge is 2.21. The predicted molar refractivity (Wildman–Crippen MR) is 108 cm³/mol. The number of hydrogen-bond acceptors (Lipinski definition) is 6. The van der Waals surface area contributed by atoms with Crippen molar-refractivity contribution in [1.29, 1.82) is 0 Å². The number of carbonyl (C=O) groups is 1. The summed E-state index contributed by atoms with van der Waals surface area (Å²) in [7, 11) is 0. The minimum absolute atomic E-state index is 0.0899. The quantitative estimate of drug-likeness (QED) is 0.690. The number of nitrogens with zero attached hydrogens (tertiary/aromatic N) is 3. The third-order valence-electron chi connectivity index (χ3n) is 4.65. The maximum atomic E-state index is 11.6. The lowest BCUT2D eigenvalue weighted by Crippen LogP contribution is -2.37. The molecule has 1 aliphatic rings. The van der Waals surface area contributed by atoms with Crippen LogP contribution in [0.15, 0.2) is 60.8 Å². The molecule has 7 nitrogen and oxygen atoms in total. The fourth-order valence-corrected chi connectivity index (χ4v) is 3.14. The van der Waals surface area contributed by atoms with Crippen LogP contribution in [0.1, 0.15) is 15.9 Å². The van der Waals surface area contributed by atoms with Crippen LogP contribution in [0.3, 0.4) is 0 Å². The molecule has 7 heteroatoms. The molecular formula is C22H21N3O4. The highest BCUT2D eigenvalue weighted by molar-refractivity contribution is 5.93. The van der Waals surface area contributed by atoms with Gasteiger partial charge in [0.1, 0.15) is 23.7 Å². The zero-order chi connectivity index (χ0) is 20.1. The highest BCUT2D eigenvalue weighted by Crippen LogP contribution is 2.26. The van der Waals surface area contributed by atoms with E-state index in [2.05, 4.69) is 9.97 Å². The molecule has 0 unspecified atom stereocenters. The Morgan fingerprint density at radius 2 is 1.90 bits per heavy atom. The van der Waals surface area contributed by atoms with E-state index in [9.17, 15) is 9.90 Å². The first-order valence-electron chi connectivity index (χ1n) is 9.41. The molecule has 0 amide bonds. The van der Waals surface area contributed by atoms with Gasteiger partial charge in [-0.3, -0.25) is 0 Å². The molecule has 3 aromatic rings. The molecule has 148 valence electrons. The van der Waals surface area contributed by atoms with Crippen LogP contribution in [-0.2, 0) is 11.3 Å².